The highest BCUT2D eigenvalue weighted by molar-refractivity contribution is 5.66. The summed E-state index contributed by atoms with van der Waals surface area (Å²) in [6.45, 7) is 3.94. The van der Waals surface area contributed by atoms with Crippen molar-refractivity contribution in [2.75, 3.05) is 0 Å². The summed E-state index contributed by atoms with van der Waals surface area (Å²) in [7, 11) is 0. The first-order valence-electron chi connectivity index (χ1n) is 9.62. The lowest BCUT2D eigenvalue weighted by Gasteiger charge is -2.12. The molecule has 0 saturated carbocycles. The molecule has 0 aliphatic carbocycles. The molecule has 4 nitrogen and oxygen atoms in total. The first-order chi connectivity index (χ1) is 11.6. The van der Waals surface area contributed by atoms with E-state index in [0.717, 1.165) is 38.5 Å². The van der Waals surface area contributed by atoms with Gasteiger partial charge in [-0.05, 0) is 31.6 Å². The molecule has 2 N–H and O–H groups in total. The van der Waals surface area contributed by atoms with Gasteiger partial charge in [-0.2, -0.15) is 0 Å². The van der Waals surface area contributed by atoms with Gasteiger partial charge in [0, 0.05) is 12.8 Å². The van der Waals surface area contributed by atoms with Crippen LogP contribution >= 0.6 is 0 Å². The maximum Gasteiger partial charge on any atom is 0.303 e. The van der Waals surface area contributed by atoms with Crippen molar-refractivity contribution in [3.8, 4) is 0 Å². The van der Waals surface area contributed by atoms with Crippen LogP contribution in [0.5, 0.6) is 0 Å². The molecule has 0 heterocycles. The Morgan fingerprint density at radius 3 is 1.33 bits per heavy atom. The monoisotopic (exact) mass is 340 g/mol. The summed E-state index contributed by atoms with van der Waals surface area (Å²) in [4.78, 5) is 20.8. The Hall–Kier alpha value is -1.32. The van der Waals surface area contributed by atoms with Crippen LogP contribution in [0.1, 0.15) is 96.3 Å². The molecule has 24 heavy (non-hydrogen) atoms. The van der Waals surface area contributed by atoms with Gasteiger partial charge in [0.25, 0.3) is 0 Å². The SMILES string of the molecule is C=CC(CCCCCCCCCC(=O)O)CCCCCCC(=O)O. The van der Waals surface area contributed by atoms with Crippen LogP contribution in [-0.4, -0.2) is 22.2 Å². The van der Waals surface area contributed by atoms with Gasteiger partial charge in [-0.15, -0.1) is 6.58 Å². The topological polar surface area (TPSA) is 74.6 Å². The molecule has 4 heteroatoms. The Morgan fingerprint density at radius 1 is 0.667 bits per heavy atom. The van der Waals surface area contributed by atoms with Crippen LogP contribution in [0, 0.1) is 5.92 Å². The molecular weight excluding hydrogens is 304 g/mol. The van der Waals surface area contributed by atoms with Gasteiger partial charge in [-0.25, -0.2) is 0 Å². The summed E-state index contributed by atoms with van der Waals surface area (Å²) in [5.41, 5.74) is 0. The molecule has 140 valence electrons. The van der Waals surface area contributed by atoms with E-state index >= 15 is 0 Å². The van der Waals surface area contributed by atoms with Crippen LogP contribution < -0.4 is 0 Å². The van der Waals surface area contributed by atoms with E-state index in [1.165, 1.54) is 44.9 Å². The van der Waals surface area contributed by atoms with E-state index in [1.807, 2.05) is 0 Å². The van der Waals surface area contributed by atoms with Crippen LogP contribution in [0.4, 0.5) is 0 Å². The zero-order valence-corrected chi connectivity index (χ0v) is 15.2. The van der Waals surface area contributed by atoms with E-state index in [0.29, 0.717) is 18.8 Å². The second-order valence-corrected chi connectivity index (χ2v) is 6.75. The molecular formula is C20H36O4. The minimum atomic E-state index is -0.694. The molecule has 0 aliphatic rings. The molecule has 0 amide bonds. The fourth-order valence-electron chi connectivity index (χ4n) is 2.98. The Morgan fingerprint density at radius 2 is 1.00 bits per heavy atom. The van der Waals surface area contributed by atoms with Gasteiger partial charge < -0.3 is 10.2 Å². The predicted molar refractivity (Wildman–Crippen MR) is 98.2 cm³/mol. The van der Waals surface area contributed by atoms with Gasteiger partial charge in [-0.3, -0.25) is 9.59 Å². The second kappa shape index (κ2) is 16.5. The van der Waals surface area contributed by atoms with E-state index in [4.69, 9.17) is 10.2 Å². The molecule has 0 rings (SSSR count). The average molecular weight is 341 g/mol. The Kier molecular flexibility index (Phi) is 15.6. The van der Waals surface area contributed by atoms with Crippen LogP contribution in [0.3, 0.4) is 0 Å². The quantitative estimate of drug-likeness (QED) is 0.244. The van der Waals surface area contributed by atoms with E-state index in [9.17, 15) is 9.59 Å². The minimum absolute atomic E-state index is 0.293. The molecule has 0 aromatic rings. The van der Waals surface area contributed by atoms with Crippen molar-refractivity contribution in [3.05, 3.63) is 12.7 Å². The average Bonchev–Trinajstić information content (AvgIpc) is 2.53. The maximum atomic E-state index is 10.4. The maximum absolute atomic E-state index is 10.4. The number of carboxylic acid groups (broad SMARTS) is 2. The summed E-state index contributed by atoms with van der Waals surface area (Å²) in [5.74, 6) is -0.784. The molecule has 0 aliphatic heterocycles. The molecule has 1 atom stereocenters. The molecule has 0 radical (unpaired) electrons. The fourth-order valence-corrected chi connectivity index (χ4v) is 2.98. The van der Waals surface area contributed by atoms with Gasteiger partial charge in [0.1, 0.15) is 0 Å². The van der Waals surface area contributed by atoms with Crippen molar-refractivity contribution in [1.29, 1.82) is 0 Å². The van der Waals surface area contributed by atoms with Crippen molar-refractivity contribution in [2.24, 2.45) is 5.92 Å². The number of hydrogen-bond donors (Lipinski definition) is 2. The number of allylic oxidation sites excluding steroid dienone is 1. The third kappa shape index (κ3) is 17.0. The van der Waals surface area contributed by atoms with Crippen LogP contribution in [0.2, 0.25) is 0 Å². The van der Waals surface area contributed by atoms with Gasteiger partial charge in [-0.1, -0.05) is 63.9 Å². The fraction of sp³-hybridized carbons (Fsp3) is 0.800. The molecule has 1 unspecified atom stereocenters. The highest BCUT2D eigenvalue weighted by Crippen LogP contribution is 2.19. The number of hydrogen-bond acceptors (Lipinski definition) is 2. The Balaban J connectivity index is 3.38. The lowest BCUT2D eigenvalue weighted by Crippen LogP contribution is -1.97. The molecule has 0 aromatic carbocycles. The number of aliphatic carboxylic acids is 2. The van der Waals surface area contributed by atoms with Crippen molar-refractivity contribution >= 4 is 11.9 Å². The van der Waals surface area contributed by atoms with E-state index in [2.05, 4.69) is 12.7 Å². The van der Waals surface area contributed by atoms with Gasteiger partial charge in [0.2, 0.25) is 0 Å². The third-order valence-corrected chi connectivity index (χ3v) is 4.51. The van der Waals surface area contributed by atoms with Gasteiger partial charge in [0.05, 0.1) is 0 Å². The molecule has 0 fully saturated rings. The van der Waals surface area contributed by atoms with Crippen molar-refractivity contribution < 1.29 is 19.8 Å². The molecule has 0 saturated heterocycles. The first kappa shape index (κ1) is 22.7. The highest BCUT2D eigenvalue weighted by Gasteiger charge is 2.04. The van der Waals surface area contributed by atoms with Crippen LogP contribution in [0.15, 0.2) is 12.7 Å². The number of rotatable bonds is 18. The summed E-state index contributed by atoms with van der Waals surface area (Å²) < 4.78 is 0. The lowest BCUT2D eigenvalue weighted by molar-refractivity contribution is -0.138. The lowest BCUT2D eigenvalue weighted by atomic mass is 9.94. The number of carbonyl (C=O) groups is 2. The highest BCUT2D eigenvalue weighted by atomic mass is 16.4. The second-order valence-electron chi connectivity index (χ2n) is 6.75. The minimum Gasteiger partial charge on any atom is -0.481 e. The first-order valence-corrected chi connectivity index (χ1v) is 9.62. The zero-order valence-electron chi connectivity index (χ0n) is 15.2. The Bertz CT molecular complexity index is 339. The summed E-state index contributed by atoms with van der Waals surface area (Å²) in [5, 5.41) is 17.1. The van der Waals surface area contributed by atoms with Gasteiger partial charge in [0.15, 0.2) is 0 Å². The third-order valence-electron chi connectivity index (χ3n) is 4.51. The molecule has 0 bridgehead atoms. The molecule has 0 spiro atoms. The van der Waals surface area contributed by atoms with E-state index in [-0.39, 0.29) is 0 Å². The number of carboxylic acids is 2. The smallest absolute Gasteiger partial charge is 0.303 e. The number of unbranched alkanes of at least 4 members (excludes halogenated alkanes) is 9. The van der Waals surface area contributed by atoms with Crippen molar-refractivity contribution in [2.45, 2.75) is 96.3 Å². The van der Waals surface area contributed by atoms with Crippen molar-refractivity contribution in [3.63, 3.8) is 0 Å². The molecule has 0 aromatic heterocycles. The van der Waals surface area contributed by atoms with Gasteiger partial charge >= 0.3 is 11.9 Å². The Labute approximate surface area is 147 Å². The van der Waals surface area contributed by atoms with Crippen LogP contribution in [0.25, 0.3) is 0 Å². The van der Waals surface area contributed by atoms with Crippen LogP contribution in [-0.2, 0) is 9.59 Å². The van der Waals surface area contributed by atoms with Crippen molar-refractivity contribution in [1.82, 2.24) is 0 Å². The van der Waals surface area contributed by atoms with E-state index in [1.54, 1.807) is 0 Å². The zero-order chi connectivity index (χ0) is 18.0. The summed E-state index contributed by atoms with van der Waals surface area (Å²) >= 11 is 0. The van der Waals surface area contributed by atoms with E-state index < -0.39 is 11.9 Å². The standard InChI is InChI=1S/C20H36O4/c1-2-18(15-11-8-9-13-17-20(23)24)14-10-6-4-3-5-7-12-16-19(21)22/h2,18H,1,3-17H2,(H,21,22)(H,23,24). The predicted octanol–water partition coefficient (Wildman–Crippen LogP) is 5.81. The summed E-state index contributed by atoms with van der Waals surface area (Å²) in [6.07, 6.45) is 17.1. The normalized spacial score (nSPS) is 12.0. The largest absolute Gasteiger partial charge is 0.481 e. The summed E-state index contributed by atoms with van der Waals surface area (Å²) in [6, 6.07) is 0.